The van der Waals surface area contributed by atoms with Crippen LogP contribution in [0.5, 0.6) is 0 Å². The number of rotatable bonds is 9. The molecule has 0 radical (unpaired) electrons. The third kappa shape index (κ3) is 11.0. The van der Waals surface area contributed by atoms with Gasteiger partial charge in [0.25, 0.3) is 0 Å². The van der Waals surface area contributed by atoms with E-state index in [1.54, 1.807) is 0 Å². The van der Waals surface area contributed by atoms with Gasteiger partial charge in [-0.25, -0.2) is 0 Å². The fraction of sp³-hybridized carbons (Fsp3) is 0.529. The summed E-state index contributed by atoms with van der Waals surface area (Å²) in [4.78, 5) is 15.4. The van der Waals surface area contributed by atoms with E-state index in [1.165, 1.54) is 5.56 Å². The lowest BCUT2D eigenvalue weighted by molar-refractivity contribution is -0.143. The first-order chi connectivity index (χ1) is 10.6. The summed E-state index contributed by atoms with van der Waals surface area (Å²) >= 11 is 0. The third-order valence-electron chi connectivity index (χ3n) is 3.20. The number of hydrogen-bond acceptors (Lipinski definition) is 3. The van der Waals surface area contributed by atoms with Gasteiger partial charge in [-0.05, 0) is 38.8 Å². The number of benzene rings is 1. The van der Waals surface area contributed by atoms with Gasteiger partial charge in [-0.1, -0.05) is 30.5 Å². The zero-order valence-electron chi connectivity index (χ0n) is 14.0. The quantitative estimate of drug-likeness (QED) is 0.204. The normalized spacial score (nSPS) is 10.8. The zero-order chi connectivity index (χ0) is 16.2. The predicted octanol–water partition coefficient (Wildman–Crippen LogP) is 3.85. The fourth-order valence-electron chi connectivity index (χ4n) is 1.99. The molecule has 1 aromatic carbocycles. The Labute approximate surface area is 156 Å². The van der Waals surface area contributed by atoms with E-state index in [-0.39, 0.29) is 29.9 Å². The average Bonchev–Trinajstić information content (AvgIpc) is 2.49. The lowest BCUT2D eigenvalue weighted by atomic mass is 10.1. The van der Waals surface area contributed by atoms with Crippen molar-refractivity contribution in [3.8, 4) is 0 Å². The van der Waals surface area contributed by atoms with Crippen molar-refractivity contribution < 1.29 is 9.53 Å². The summed E-state index contributed by atoms with van der Waals surface area (Å²) in [6, 6.07) is 8.01. The van der Waals surface area contributed by atoms with Gasteiger partial charge in [0.1, 0.15) is 0 Å². The molecule has 0 saturated heterocycles. The van der Waals surface area contributed by atoms with Crippen molar-refractivity contribution >= 4 is 41.6 Å². The number of aryl methyl sites for hydroxylation is 1. The van der Waals surface area contributed by atoms with E-state index in [2.05, 4.69) is 10.3 Å². The zero-order valence-corrected chi connectivity index (χ0v) is 16.3. The Hall–Kier alpha value is -1.31. The third-order valence-corrected chi connectivity index (χ3v) is 3.20. The standard InChI is InChI=1S/C17H27N3O2.HI/c1-3-22-16(21)8-6-4-5-7-13-19-17(18)20-15-11-9-14(2)10-12-15;/h9-12H,3-8,13H2,1-2H3,(H3,18,19,20);1H. The topological polar surface area (TPSA) is 76.7 Å². The molecule has 0 atom stereocenters. The molecule has 1 aromatic rings. The Morgan fingerprint density at radius 1 is 1.17 bits per heavy atom. The number of nitrogens with two attached hydrogens (primary N) is 1. The van der Waals surface area contributed by atoms with Crippen LogP contribution < -0.4 is 11.1 Å². The number of carbonyl (C=O) groups excluding carboxylic acids is 1. The number of hydrogen-bond donors (Lipinski definition) is 2. The number of nitrogens with one attached hydrogen (secondary N) is 1. The summed E-state index contributed by atoms with van der Waals surface area (Å²) in [5.74, 6) is 0.336. The monoisotopic (exact) mass is 433 g/mol. The summed E-state index contributed by atoms with van der Waals surface area (Å²) in [6.07, 6.45) is 4.41. The summed E-state index contributed by atoms with van der Waals surface area (Å²) < 4.78 is 4.88. The van der Waals surface area contributed by atoms with Crippen LogP contribution in [0.3, 0.4) is 0 Å². The van der Waals surface area contributed by atoms with Crippen molar-refractivity contribution in [2.75, 3.05) is 18.5 Å². The van der Waals surface area contributed by atoms with Gasteiger partial charge in [0.05, 0.1) is 6.61 Å². The van der Waals surface area contributed by atoms with Gasteiger partial charge in [-0.2, -0.15) is 0 Å². The molecule has 0 aliphatic carbocycles. The van der Waals surface area contributed by atoms with Crippen molar-refractivity contribution in [2.24, 2.45) is 10.7 Å². The Kier molecular flexibility index (Phi) is 12.4. The number of anilines is 1. The van der Waals surface area contributed by atoms with Crippen molar-refractivity contribution in [1.29, 1.82) is 0 Å². The molecule has 3 N–H and O–H groups in total. The van der Waals surface area contributed by atoms with Gasteiger partial charge in [0.2, 0.25) is 0 Å². The maximum absolute atomic E-state index is 11.1. The van der Waals surface area contributed by atoms with Crippen LogP contribution in [0.25, 0.3) is 0 Å². The summed E-state index contributed by atoms with van der Waals surface area (Å²) in [5, 5.41) is 3.07. The highest BCUT2D eigenvalue weighted by atomic mass is 127. The molecule has 0 heterocycles. The van der Waals surface area contributed by atoms with Gasteiger partial charge in [-0.15, -0.1) is 24.0 Å². The SMILES string of the molecule is CCOC(=O)CCCCCCN=C(N)Nc1ccc(C)cc1.I. The largest absolute Gasteiger partial charge is 0.466 e. The Bertz CT molecular complexity index is 475. The summed E-state index contributed by atoms with van der Waals surface area (Å²) in [7, 11) is 0. The molecule has 0 saturated carbocycles. The van der Waals surface area contributed by atoms with Gasteiger partial charge in [0.15, 0.2) is 5.96 Å². The number of carbonyl (C=O) groups is 1. The lowest BCUT2D eigenvalue weighted by Crippen LogP contribution is -2.22. The van der Waals surface area contributed by atoms with E-state index in [9.17, 15) is 4.79 Å². The predicted molar refractivity (Wildman–Crippen MR) is 106 cm³/mol. The highest BCUT2D eigenvalue weighted by molar-refractivity contribution is 14.0. The van der Waals surface area contributed by atoms with Crippen molar-refractivity contribution in [2.45, 2.75) is 46.0 Å². The van der Waals surface area contributed by atoms with Crippen LogP contribution in [0.15, 0.2) is 29.3 Å². The van der Waals surface area contributed by atoms with Crippen LogP contribution in [0.1, 0.15) is 44.6 Å². The number of aliphatic imine (C=N–C) groups is 1. The molecular formula is C17H28IN3O2. The van der Waals surface area contributed by atoms with E-state index in [1.807, 2.05) is 38.1 Å². The minimum atomic E-state index is -0.105. The molecule has 23 heavy (non-hydrogen) atoms. The van der Waals surface area contributed by atoms with Crippen LogP contribution in [-0.2, 0) is 9.53 Å². The molecule has 0 amide bonds. The number of guanidine groups is 1. The first kappa shape index (κ1) is 21.7. The van der Waals surface area contributed by atoms with Gasteiger partial charge in [0, 0.05) is 18.7 Å². The molecule has 0 aliphatic rings. The van der Waals surface area contributed by atoms with Crippen molar-refractivity contribution in [3.05, 3.63) is 29.8 Å². The van der Waals surface area contributed by atoms with E-state index in [4.69, 9.17) is 10.5 Å². The maximum Gasteiger partial charge on any atom is 0.305 e. The van der Waals surface area contributed by atoms with Crippen LogP contribution >= 0.6 is 24.0 Å². The summed E-state index contributed by atoms with van der Waals surface area (Å²) in [5.41, 5.74) is 7.99. The van der Waals surface area contributed by atoms with Gasteiger partial charge in [-0.3, -0.25) is 9.79 Å². The first-order valence-corrected chi connectivity index (χ1v) is 7.91. The molecule has 130 valence electrons. The molecule has 0 fully saturated rings. The fourth-order valence-corrected chi connectivity index (χ4v) is 1.99. The lowest BCUT2D eigenvalue weighted by Gasteiger charge is -2.06. The Balaban J connectivity index is 0.00000484. The average molecular weight is 433 g/mol. The van der Waals surface area contributed by atoms with Crippen molar-refractivity contribution in [1.82, 2.24) is 0 Å². The number of nitrogens with zero attached hydrogens (tertiary/aromatic N) is 1. The Morgan fingerprint density at radius 3 is 2.48 bits per heavy atom. The number of ether oxygens (including phenoxy) is 1. The number of unbranched alkanes of at least 4 members (excludes halogenated alkanes) is 3. The molecule has 0 unspecified atom stereocenters. The van der Waals surface area contributed by atoms with Gasteiger partial charge >= 0.3 is 5.97 Å². The second kappa shape index (κ2) is 13.2. The smallest absolute Gasteiger partial charge is 0.305 e. The number of esters is 1. The van der Waals surface area contributed by atoms with Crippen LogP contribution in [0.4, 0.5) is 5.69 Å². The molecule has 6 heteroatoms. The molecule has 0 aromatic heterocycles. The highest BCUT2D eigenvalue weighted by Gasteiger charge is 2.00. The Morgan fingerprint density at radius 2 is 1.83 bits per heavy atom. The second-order valence-corrected chi connectivity index (χ2v) is 5.23. The molecule has 0 bridgehead atoms. The first-order valence-electron chi connectivity index (χ1n) is 7.91. The molecule has 1 rings (SSSR count). The van der Waals surface area contributed by atoms with Crippen LogP contribution in [0, 0.1) is 6.92 Å². The highest BCUT2D eigenvalue weighted by Crippen LogP contribution is 2.08. The number of halogens is 1. The van der Waals surface area contributed by atoms with Gasteiger partial charge < -0.3 is 15.8 Å². The minimum absolute atomic E-state index is 0. The summed E-state index contributed by atoms with van der Waals surface area (Å²) in [6.45, 7) is 5.03. The molecule has 0 aliphatic heterocycles. The minimum Gasteiger partial charge on any atom is -0.466 e. The molecular weight excluding hydrogens is 405 g/mol. The van der Waals surface area contributed by atoms with Crippen molar-refractivity contribution in [3.63, 3.8) is 0 Å². The maximum atomic E-state index is 11.1. The second-order valence-electron chi connectivity index (χ2n) is 5.23. The van der Waals surface area contributed by atoms with E-state index >= 15 is 0 Å². The van der Waals surface area contributed by atoms with E-state index in [0.29, 0.717) is 25.5 Å². The van der Waals surface area contributed by atoms with E-state index in [0.717, 1.165) is 31.4 Å². The van der Waals surface area contributed by atoms with Crippen LogP contribution in [-0.4, -0.2) is 25.1 Å². The molecule has 5 nitrogen and oxygen atoms in total. The van der Waals surface area contributed by atoms with Crippen LogP contribution in [0.2, 0.25) is 0 Å². The molecule has 0 spiro atoms. The van der Waals surface area contributed by atoms with E-state index < -0.39 is 0 Å².